The first kappa shape index (κ1) is 14.7. The molecule has 5 nitrogen and oxygen atoms in total. The second-order valence-corrected chi connectivity index (χ2v) is 6.06. The molecule has 2 rings (SSSR count). The van der Waals surface area contributed by atoms with Crippen molar-refractivity contribution in [2.24, 2.45) is 0 Å². The van der Waals surface area contributed by atoms with Crippen molar-refractivity contribution in [2.45, 2.75) is 13.8 Å². The molecule has 20 heavy (non-hydrogen) atoms. The zero-order valence-electron chi connectivity index (χ0n) is 11.6. The van der Waals surface area contributed by atoms with Crippen molar-refractivity contribution >= 4 is 29.4 Å². The Bertz CT molecular complexity index is 539. The molecule has 1 aliphatic rings. The second-order valence-electron chi connectivity index (χ2n) is 4.84. The topological polar surface area (TPSA) is 69.6 Å². The number of carboxylic acids is 1. The Morgan fingerprint density at radius 3 is 2.50 bits per heavy atom. The van der Waals surface area contributed by atoms with Gasteiger partial charge in [0.2, 0.25) is 0 Å². The van der Waals surface area contributed by atoms with E-state index in [9.17, 15) is 14.7 Å². The van der Waals surface area contributed by atoms with Crippen LogP contribution in [-0.4, -0.2) is 46.6 Å². The molecule has 0 aliphatic carbocycles. The van der Waals surface area contributed by atoms with Crippen LogP contribution in [0.2, 0.25) is 0 Å². The maximum Gasteiger partial charge on any atom is 0.337 e. The number of anilines is 1. The summed E-state index contributed by atoms with van der Waals surface area (Å²) in [6.07, 6.45) is 0. The number of hydrogen-bond donors (Lipinski definition) is 2. The van der Waals surface area contributed by atoms with Gasteiger partial charge in [-0.05, 0) is 31.0 Å². The predicted octanol–water partition coefficient (Wildman–Crippen LogP) is 2.58. The van der Waals surface area contributed by atoms with E-state index in [4.69, 9.17) is 0 Å². The van der Waals surface area contributed by atoms with Gasteiger partial charge in [-0.1, -0.05) is 6.07 Å². The summed E-state index contributed by atoms with van der Waals surface area (Å²) in [5.41, 5.74) is 2.17. The number of hydrogen-bond acceptors (Lipinski definition) is 3. The van der Waals surface area contributed by atoms with Gasteiger partial charge in [0.15, 0.2) is 0 Å². The lowest BCUT2D eigenvalue weighted by atomic mass is 10.0. The molecular formula is C14H18N2O3S. The number of thioether (sulfide) groups is 1. The van der Waals surface area contributed by atoms with Crippen molar-refractivity contribution in [3.8, 4) is 0 Å². The van der Waals surface area contributed by atoms with Crippen LogP contribution in [0.1, 0.15) is 21.5 Å². The first-order valence-electron chi connectivity index (χ1n) is 6.47. The summed E-state index contributed by atoms with van der Waals surface area (Å²) < 4.78 is 0. The summed E-state index contributed by atoms with van der Waals surface area (Å²) in [7, 11) is 0. The van der Waals surface area contributed by atoms with E-state index in [-0.39, 0.29) is 11.6 Å². The Morgan fingerprint density at radius 1 is 1.25 bits per heavy atom. The molecule has 0 radical (unpaired) electrons. The Morgan fingerprint density at radius 2 is 1.90 bits per heavy atom. The minimum atomic E-state index is -1.03. The monoisotopic (exact) mass is 294 g/mol. The van der Waals surface area contributed by atoms with Crippen LogP contribution in [0.15, 0.2) is 12.1 Å². The molecule has 0 spiro atoms. The van der Waals surface area contributed by atoms with Crippen molar-refractivity contribution in [1.29, 1.82) is 0 Å². The maximum absolute atomic E-state index is 12.2. The lowest BCUT2D eigenvalue weighted by Crippen LogP contribution is -2.41. The first-order chi connectivity index (χ1) is 9.49. The van der Waals surface area contributed by atoms with Gasteiger partial charge >= 0.3 is 12.0 Å². The number of carbonyl (C=O) groups is 2. The zero-order chi connectivity index (χ0) is 14.7. The minimum Gasteiger partial charge on any atom is -0.478 e. The number of amides is 2. The number of nitrogens with one attached hydrogen (secondary N) is 1. The molecule has 0 atom stereocenters. The van der Waals surface area contributed by atoms with Gasteiger partial charge < -0.3 is 15.3 Å². The highest BCUT2D eigenvalue weighted by atomic mass is 32.2. The van der Waals surface area contributed by atoms with E-state index in [0.717, 1.165) is 22.6 Å². The number of aryl methyl sites for hydroxylation is 2. The van der Waals surface area contributed by atoms with Gasteiger partial charge in [0.25, 0.3) is 0 Å². The summed E-state index contributed by atoms with van der Waals surface area (Å²) in [6.45, 7) is 5.04. The van der Waals surface area contributed by atoms with Gasteiger partial charge in [-0.2, -0.15) is 11.8 Å². The van der Waals surface area contributed by atoms with E-state index in [1.54, 1.807) is 17.9 Å². The summed E-state index contributed by atoms with van der Waals surface area (Å²) in [5, 5.41) is 12.0. The van der Waals surface area contributed by atoms with E-state index in [0.29, 0.717) is 18.8 Å². The number of nitrogens with zero attached hydrogens (tertiary/aromatic N) is 1. The third-order valence-corrected chi connectivity index (χ3v) is 4.18. The molecule has 108 valence electrons. The normalized spacial score (nSPS) is 15.0. The standard InChI is InChI=1S/C14H18N2O3S/c1-9-7-10(2)12(11(8-9)13(17)18)15-14(19)16-3-5-20-6-4-16/h7-8H,3-6H2,1-2H3,(H,15,19)(H,17,18). The van der Waals surface area contributed by atoms with Crippen LogP contribution < -0.4 is 5.32 Å². The second kappa shape index (κ2) is 6.17. The number of benzene rings is 1. The highest BCUT2D eigenvalue weighted by Gasteiger charge is 2.20. The SMILES string of the molecule is Cc1cc(C)c(NC(=O)N2CCSCC2)c(C(=O)O)c1. The molecule has 2 amide bonds. The van der Waals surface area contributed by atoms with Gasteiger partial charge in [0.05, 0.1) is 11.3 Å². The Balaban J connectivity index is 2.23. The van der Waals surface area contributed by atoms with Crippen LogP contribution in [0, 0.1) is 13.8 Å². The molecule has 1 saturated heterocycles. The van der Waals surface area contributed by atoms with Crippen LogP contribution in [0.4, 0.5) is 10.5 Å². The molecule has 1 aliphatic heterocycles. The Labute approximate surface area is 122 Å². The van der Waals surface area contributed by atoms with Crippen molar-refractivity contribution in [3.05, 3.63) is 28.8 Å². The van der Waals surface area contributed by atoms with Crippen molar-refractivity contribution in [3.63, 3.8) is 0 Å². The van der Waals surface area contributed by atoms with E-state index in [2.05, 4.69) is 5.32 Å². The third-order valence-electron chi connectivity index (χ3n) is 3.24. The predicted molar refractivity (Wildman–Crippen MR) is 80.8 cm³/mol. The molecule has 0 saturated carbocycles. The third kappa shape index (κ3) is 3.25. The lowest BCUT2D eigenvalue weighted by molar-refractivity contribution is 0.0698. The molecule has 1 aromatic rings. The fourth-order valence-corrected chi connectivity index (χ4v) is 3.16. The number of aromatic carboxylic acids is 1. The first-order valence-corrected chi connectivity index (χ1v) is 7.62. The Kier molecular flexibility index (Phi) is 4.54. The molecular weight excluding hydrogens is 276 g/mol. The number of urea groups is 1. The van der Waals surface area contributed by atoms with Gasteiger partial charge in [-0.25, -0.2) is 9.59 Å². The molecule has 1 fully saturated rings. The lowest BCUT2D eigenvalue weighted by Gasteiger charge is -2.27. The molecule has 1 heterocycles. The van der Waals surface area contributed by atoms with E-state index in [1.165, 1.54) is 0 Å². The van der Waals surface area contributed by atoms with Gasteiger partial charge in [-0.3, -0.25) is 0 Å². The number of carboxylic acid groups (broad SMARTS) is 1. The average molecular weight is 294 g/mol. The molecule has 6 heteroatoms. The Hall–Kier alpha value is -1.69. The maximum atomic E-state index is 12.2. The van der Waals surface area contributed by atoms with Gasteiger partial charge in [0.1, 0.15) is 0 Å². The van der Waals surface area contributed by atoms with Crippen LogP contribution in [-0.2, 0) is 0 Å². The largest absolute Gasteiger partial charge is 0.478 e. The minimum absolute atomic E-state index is 0.141. The van der Waals surface area contributed by atoms with Crippen LogP contribution in [0.25, 0.3) is 0 Å². The summed E-state index contributed by atoms with van der Waals surface area (Å²) >= 11 is 1.82. The van der Waals surface area contributed by atoms with Crippen LogP contribution in [0.3, 0.4) is 0 Å². The molecule has 0 unspecified atom stereocenters. The highest BCUT2D eigenvalue weighted by Crippen LogP contribution is 2.23. The van der Waals surface area contributed by atoms with Gasteiger partial charge in [-0.15, -0.1) is 0 Å². The van der Waals surface area contributed by atoms with Crippen molar-refractivity contribution < 1.29 is 14.7 Å². The summed E-state index contributed by atoms with van der Waals surface area (Å²) in [4.78, 5) is 25.2. The molecule has 2 N–H and O–H groups in total. The smallest absolute Gasteiger partial charge is 0.337 e. The average Bonchev–Trinajstić information content (AvgIpc) is 2.42. The van der Waals surface area contributed by atoms with Crippen LogP contribution >= 0.6 is 11.8 Å². The molecule has 0 aromatic heterocycles. The number of rotatable bonds is 2. The fourth-order valence-electron chi connectivity index (χ4n) is 2.25. The fraction of sp³-hybridized carbons (Fsp3) is 0.429. The van der Waals surface area contributed by atoms with Crippen LogP contribution in [0.5, 0.6) is 0 Å². The van der Waals surface area contributed by atoms with E-state index in [1.807, 2.05) is 24.8 Å². The summed E-state index contributed by atoms with van der Waals surface area (Å²) in [5.74, 6) is 0.819. The quantitative estimate of drug-likeness (QED) is 0.879. The highest BCUT2D eigenvalue weighted by molar-refractivity contribution is 7.99. The molecule has 1 aromatic carbocycles. The van der Waals surface area contributed by atoms with E-state index < -0.39 is 5.97 Å². The van der Waals surface area contributed by atoms with Crippen molar-refractivity contribution in [1.82, 2.24) is 4.90 Å². The number of carbonyl (C=O) groups excluding carboxylic acids is 1. The van der Waals surface area contributed by atoms with Crippen molar-refractivity contribution in [2.75, 3.05) is 29.9 Å². The zero-order valence-corrected chi connectivity index (χ0v) is 12.4. The molecule has 0 bridgehead atoms. The van der Waals surface area contributed by atoms with Gasteiger partial charge in [0, 0.05) is 24.6 Å². The van der Waals surface area contributed by atoms with E-state index >= 15 is 0 Å². The summed E-state index contributed by atoms with van der Waals surface area (Å²) in [6, 6.07) is 3.23.